The first-order chi connectivity index (χ1) is 11.6. The van der Waals surface area contributed by atoms with Crippen molar-refractivity contribution in [3.8, 4) is 0 Å². The molecule has 2 saturated carbocycles. The Morgan fingerprint density at radius 2 is 1.25 bits per heavy atom. The smallest absolute Gasteiger partial charge is 0.116 e. The van der Waals surface area contributed by atoms with E-state index in [1.807, 2.05) is 55.4 Å². The predicted molar refractivity (Wildman–Crippen MR) is 112 cm³/mol. The molecule has 0 aromatic carbocycles. The molecule has 2 aliphatic carbocycles. The van der Waals surface area contributed by atoms with E-state index < -0.39 is 0 Å². The number of aldehydes is 1. The van der Waals surface area contributed by atoms with Gasteiger partial charge in [-0.3, -0.25) is 0 Å². The number of hydrogen-bond acceptors (Lipinski definition) is 2. The van der Waals surface area contributed by atoms with Gasteiger partial charge in [-0.25, -0.2) is 0 Å². The molecule has 0 radical (unpaired) electrons. The molecule has 2 heteroatoms. The number of rotatable bonds is 0. The third-order valence-corrected chi connectivity index (χ3v) is 5.23. The summed E-state index contributed by atoms with van der Waals surface area (Å²) in [5.74, 6) is 0. The summed E-state index contributed by atoms with van der Waals surface area (Å²) in [4.78, 5) is 11.4. The highest BCUT2D eigenvalue weighted by atomic mass is 16.1. The maximum atomic E-state index is 8.81. The Morgan fingerprint density at radius 1 is 0.875 bits per heavy atom. The summed E-state index contributed by atoms with van der Waals surface area (Å²) >= 11 is 0. The van der Waals surface area contributed by atoms with Gasteiger partial charge in [-0.05, 0) is 57.4 Å². The molecule has 0 N–H and O–H groups in total. The molecule has 1 saturated heterocycles. The van der Waals surface area contributed by atoms with E-state index in [2.05, 4.69) is 18.9 Å². The van der Waals surface area contributed by atoms with Crippen molar-refractivity contribution in [1.29, 1.82) is 0 Å². The molecule has 2 unspecified atom stereocenters. The lowest BCUT2D eigenvalue weighted by molar-refractivity contribution is -0.106. The third kappa shape index (κ3) is 7.25. The number of hydrogen-bond donors (Lipinski definition) is 0. The van der Waals surface area contributed by atoms with Gasteiger partial charge in [-0.15, -0.1) is 0 Å². The van der Waals surface area contributed by atoms with Crippen molar-refractivity contribution in [3.05, 3.63) is 0 Å². The number of likely N-dealkylation sites (tertiary alicyclic amines) is 1. The second-order valence-electron chi connectivity index (χ2n) is 6.15. The molecule has 148 valence electrons. The second kappa shape index (κ2) is 16.1. The molecule has 0 bridgehead atoms. The molecule has 0 aromatic rings. The number of nitrogens with zero attached hydrogens (tertiary/aromatic N) is 1. The molecule has 3 rings (SSSR count). The Kier molecular flexibility index (Phi) is 19.1. The maximum absolute atomic E-state index is 8.81. The Bertz CT molecular complexity index is 259. The molecule has 1 aliphatic heterocycles. The van der Waals surface area contributed by atoms with Crippen molar-refractivity contribution in [2.45, 2.75) is 114 Å². The van der Waals surface area contributed by atoms with E-state index in [0.29, 0.717) is 0 Å². The van der Waals surface area contributed by atoms with Gasteiger partial charge in [0.1, 0.15) is 6.29 Å². The van der Waals surface area contributed by atoms with Crippen molar-refractivity contribution in [2.24, 2.45) is 10.8 Å². The lowest BCUT2D eigenvalue weighted by Crippen LogP contribution is -2.22. The molecule has 2 atom stereocenters. The topological polar surface area (TPSA) is 20.3 Å². The zero-order valence-electron chi connectivity index (χ0n) is 19.0. The van der Waals surface area contributed by atoms with Gasteiger partial charge < -0.3 is 9.69 Å². The van der Waals surface area contributed by atoms with Crippen molar-refractivity contribution >= 4 is 6.29 Å². The normalized spacial score (nSPS) is 27.5. The Morgan fingerprint density at radius 3 is 1.54 bits per heavy atom. The average molecular weight is 344 g/mol. The van der Waals surface area contributed by atoms with E-state index in [9.17, 15) is 0 Å². The van der Waals surface area contributed by atoms with Crippen LogP contribution in [-0.4, -0.2) is 30.8 Å². The molecule has 2 spiro atoms. The van der Waals surface area contributed by atoms with Crippen LogP contribution in [0.1, 0.15) is 108 Å². The highest BCUT2D eigenvalue weighted by Crippen LogP contribution is 2.75. The first-order valence-corrected chi connectivity index (χ1v) is 10.7. The van der Waals surface area contributed by atoms with Crippen LogP contribution in [0.15, 0.2) is 0 Å². The zero-order valence-corrected chi connectivity index (χ0v) is 19.0. The molecule has 24 heavy (non-hydrogen) atoms. The largest absolute Gasteiger partial charge is 0.304 e. The van der Waals surface area contributed by atoms with E-state index >= 15 is 0 Å². The highest BCUT2D eigenvalue weighted by molar-refractivity contribution is 5.44. The molecule has 2 nitrogen and oxygen atoms in total. The summed E-state index contributed by atoms with van der Waals surface area (Å²) in [5.41, 5.74) is 1.63. The summed E-state index contributed by atoms with van der Waals surface area (Å²) in [7, 11) is 2.31. The Hall–Kier alpha value is -0.370. The van der Waals surface area contributed by atoms with Crippen LogP contribution in [0.25, 0.3) is 0 Å². The minimum atomic E-state index is 0.750. The molecule has 1 heterocycles. The molecule has 0 amide bonds. The van der Waals surface area contributed by atoms with Gasteiger partial charge in [-0.2, -0.15) is 0 Å². The van der Waals surface area contributed by atoms with Crippen molar-refractivity contribution in [2.75, 3.05) is 13.6 Å². The zero-order chi connectivity index (χ0) is 19.8. The molecule has 0 aromatic heterocycles. The summed E-state index contributed by atoms with van der Waals surface area (Å²) in [6.45, 7) is 21.2. The molecular formula is C22H49NO. The van der Waals surface area contributed by atoms with Crippen LogP contribution in [0, 0.1) is 10.8 Å². The van der Waals surface area contributed by atoms with Crippen LogP contribution in [0.2, 0.25) is 0 Å². The van der Waals surface area contributed by atoms with E-state index in [0.717, 1.165) is 23.2 Å². The summed E-state index contributed by atoms with van der Waals surface area (Å²) in [5, 5.41) is 0. The van der Waals surface area contributed by atoms with Gasteiger partial charge in [0.15, 0.2) is 0 Å². The van der Waals surface area contributed by atoms with Gasteiger partial charge in [0, 0.05) is 12.6 Å². The van der Waals surface area contributed by atoms with Crippen LogP contribution in [0.4, 0.5) is 0 Å². The maximum Gasteiger partial charge on any atom is 0.116 e. The fourth-order valence-electron chi connectivity index (χ4n) is 4.29. The van der Waals surface area contributed by atoms with Crippen LogP contribution < -0.4 is 0 Å². The van der Waals surface area contributed by atoms with Crippen LogP contribution >= 0.6 is 0 Å². The minimum Gasteiger partial charge on any atom is -0.304 e. The van der Waals surface area contributed by atoms with E-state index in [-0.39, 0.29) is 0 Å². The van der Waals surface area contributed by atoms with Gasteiger partial charge in [0.05, 0.1) is 0 Å². The van der Waals surface area contributed by atoms with E-state index in [4.69, 9.17) is 4.79 Å². The summed E-state index contributed by atoms with van der Waals surface area (Å²) in [6.07, 6.45) is 9.93. The first-order valence-electron chi connectivity index (χ1n) is 10.7. The molecule has 3 aliphatic rings. The Balaban J connectivity index is -0.000000345. The SMILES string of the molecule is CC.CC.CC.CC.CC1CC2(CN1C)CC21CCCC1.CC=O. The van der Waals surface area contributed by atoms with Gasteiger partial charge in [0.25, 0.3) is 0 Å². The van der Waals surface area contributed by atoms with Crippen molar-refractivity contribution in [1.82, 2.24) is 4.90 Å². The van der Waals surface area contributed by atoms with Crippen LogP contribution in [0.3, 0.4) is 0 Å². The average Bonchev–Trinajstić information content (AvgIpc) is 2.92. The standard InChI is InChI=1S/C12H21N.C2H4O.4C2H6/c1-10-7-12(9-13(10)2)8-11(12)5-3-4-6-11;1-2-3;4*1-2/h10H,3-9H2,1-2H3;2H,1H3;4*1-2H3. The van der Waals surface area contributed by atoms with Gasteiger partial charge in [0.2, 0.25) is 0 Å². The first kappa shape index (κ1) is 28.4. The van der Waals surface area contributed by atoms with Crippen LogP contribution in [0.5, 0.6) is 0 Å². The number of fused-ring (bicyclic) bond motifs is 1. The lowest BCUT2D eigenvalue weighted by atomic mass is 9.89. The van der Waals surface area contributed by atoms with Crippen molar-refractivity contribution < 1.29 is 4.79 Å². The fraction of sp³-hybridized carbons (Fsp3) is 0.955. The Labute approximate surface area is 154 Å². The van der Waals surface area contributed by atoms with Crippen LogP contribution in [-0.2, 0) is 4.79 Å². The summed E-state index contributed by atoms with van der Waals surface area (Å²) in [6, 6.07) is 0.847. The monoisotopic (exact) mass is 343 g/mol. The number of carbonyl (C=O) groups is 1. The third-order valence-electron chi connectivity index (χ3n) is 5.23. The van der Waals surface area contributed by atoms with E-state index in [1.54, 1.807) is 19.3 Å². The fourth-order valence-corrected chi connectivity index (χ4v) is 4.29. The summed E-state index contributed by atoms with van der Waals surface area (Å²) < 4.78 is 0. The quantitative estimate of drug-likeness (QED) is 0.442. The van der Waals surface area contributed by atoms with Gasteiger partial charge in [-0.1, -0.05) is 68.2 Å². The number of carbonyl (C=O) groups excluding carboxylic acids is 1. The van der Waals surface area contributed by atoms with E-state index in [1.165, 1.54) is 32.7 Å². The molecular weight excluding hydrogens is 294 g/mol. The molecule has 3 fully saturated rings. The highest BCUT2D eigenvalue weighted by Gasteiger charge is 2.69. The second-order valence-corrected chi connectivity index (χ2v) is 6.15. The lowest BCUT2D eigenvalue weighted by Gasteiger charge is -2.16. The van der Waals surface area contributed by atoms with Crippen molar-refractivity contribution in [3.63, 3.8) is 0 Å². The van der Waals surface area contributed by atoms with Gasteiger partial charge >= 0.3 is 0 Å². The predicted octanol–water partition coefficient (Wildman–Crippen LogP) is 6.97. The minimum absolute atomic E-state index is 0.750.